The number of hydrogen-bond donors (Lipinski definition) is 0. The van der Waals surface area contributed by atoms with Crippen molar-refractivity contribution < 1.29 is 16.8 Å². The fourth-order valence-corrected chi connectivity index (χ4v) is 3.52. The number of nitrogens with zero attached hydrogens (tertiary/aromatic N) is 3. The second-order valence-electron chi connectivity index (χ2n) is 5.05. The van der Waals surface area contributed by atoms with Crippen LogP contribution < -0.4 is 0 Å². The molecule has 9 heteroatoms. The first-order chi connectivity index (χ1) is 10.6. The summed E-state index contributed by atoms with van der Waals surface area (Å²) in [5.41, 5.74) is 0.529. The van der Waals surface area contributed by atoms with Crippen molar-refractivity contribution in [2.75, 3.05) is 12.5 Å². The van der Waals surface area contributed by atoms with Crippen LogP contribution in [0.25, 0.3) is 11.9 Å². The molecule has 0 radical (unpaired) electrons. The van der Waals surface area contributed by atoms with E-state index in [0.717, 1.165) is 18.6 Å². The molecule has 0 aliphatic heterocycles. The van der Waals surface area contributed by atoms with Crippen LogP contribution in [0.15, 0.2) is 34.8 Å². The van der Waals surface area contributed by atoms with Gasteiger partial charge in [-0.05, 0) is 12.1 Å². The Morgan fingerprint density at radius 1 is 1.13 bits per heavy atom. The van der Waals surface area contributed by atoms with Crippen molar-refractivity contribution in [1.29, 1.82) is 0 Å². The maximum Gasteiger partial charge on any atom is 0.191 e. The van der Waals surface area contributed by atoms with Crippen LogP contribution in [0.3, 0.4) is 0 Å². The standard InChI is InChI=1S/C14H17N3O4S2/c1-5-10-7-13(16-12(6-2)15-10)17-9-11(22(3,18)19)8-14(17)23(4,20)21/h5,7-9H,1,6H2,2-4H3. The third-order valence-corrected chi connectivity index (χ3v) is 5.27. The van der Waals surface area contributed by atoms with Gasteiger partial charge < -0.3 is 0 Å². The van der Waals surface area contributed by atoms with Gasteiger partial charge in [0.05, 0.1) is 10.6 Å². The van der Waals surface area contributed by atoms with E-state index in [1.807, 2.05) is 6.92 Å². The average molecular weight is 355 g/mol. The number of aromatic nitrogens is 3. The Labute approximate surface area is 135 Å². The third-order valence-electron chi connectivity index (χ3n) is 3.12. The van der Waals surface area contributed by atoms with Crippen molar-refractivity contribution in [2.45, 2.75) is 23.3 Å². The van der Waals surface area contributed by atoms with E-state index in [1.54, 1.807) is 6.07 Å². The number of aryl methyl sites for hydroxylation is 1. The zero-order chi connectivity index (χ0) is 17.4. The van der Waals surface area contributed by atoms with Crippen molar-refractivity contribution in [3.8, 4) is 5.82 Å². The largest absolute Gasteiger partial charge is 0.290 e. The third kappa shape index (κ3) is 3.67. The number of rotatable bonds is 5. The van der Waals surface area contributed by atoms with Gasteiger partial charge in [0.2, 0.25) is 0 Å². The van der Waals surface area contributed by atoms with Crippen molar-refractivity contribution in [3.63, 3.8) is 0 Å². The first kappa shape index (κ1) is 17.4. The van der Waals surface area contributed by atoms with Gasteiger partial charge in [-0.1, -0.05) is 13.5 Å². The van der Waals surface area contributed by atoms with E-state index < -0.39 is 19.7 Å². The highest BCUT2D eigenvalue weighted by Gasteiger charge is 2.22. The predicted octanol–water partition coefficient (Wildman–Crippen LogP) is 1.28. The quantitative estimate of drug-likeness (QED) is 0.801. The van der Waals surface area contributed by atoms with Gasteiger partial charge in [-0.25, -0.2) is 26.8 Å². The summed E-state index contributed by atoms with van der Waals surface area (Å²) in [4.78, 5) is 8.43. The van der Waals surface area contributed by atoms with E-state index in [4.69, 9.17) is 0 Å². The van der Waals surface area contributed by atoms with Crippen LogP contribution >= 0.6 is 0 Å². The van der Waals surface area contributed by atoms with Gasteiger partial charge in [-0.3, -0.25) is 4.57 Å². The fraction of sp³-hybridized carbons (Fsp3) is 0.286. The molecule has 0 N–H and O–H groups in total. The van der Waals surface area contributed by atoms with Gasteiger partial charge in [0.25, 0.3) is 0 Å². The van der Waals surface area contributed by atoms with Crippen LogP contribution in [0, 0.1) is 0 Å². The van der Waals surface area contributed by atoms with Crippen molar-refractivity contribution in [2.24, 2.45) is 0 Å². The van der Waals surface area contributed by atoms with Gasteiger partial charge in [0.1, 0.15) is 16.7 Å². The molecule has 124 valence electrons. The van der Waals surface area contributed by atoms with Crippen LogP contribution in [0.1, 0.15) is 18.4 Å². The molecular weight excluding hydrogens is 338 g/mol. The molecule has 2 heterocycles. The monoisotopic (exact) mass is 355 g/mol. The summed E-state index contributed by atoms with van der Waals surface area (Å²) >= 11 is 0. The lowest BCUT2D eigenvalue weighted by atomic mass is 10.3. The summed E-state index contributed by atoms with van der Waals surface area (Å²) in [5.74, 6) is 0.786. The van der Waals surface area contributed by atoms with Crippen molar-refractivity contribution >= 4 is 25.8 Å². The van der Waals surface area contributed by atoms with Gasteiger partial charge in [0, 0.05) is 31.2 Å². The highest BCUT2D eigenvalue weighted by molar-refractivity contribution is 7.91. The van der Waals surface area contributed by atoms with Gasteiger partial charge in [-0.15, -0.1) is 0 Å². The van der Waals surface area contributed by atoms with E-state index in [9.17, 15) is 16.8 Å². The summed E-state index contributed by atoms with van der Waals surface area (Å²) in [7, 11) is -7.20. The lowest BCUT2D eigenvalue weighted by Crippen LogP contribution is -2.09. The van der Waals surface area contributed by atoms with Gasteiger partial charge in [0.15, 0.2) is 19.7 Å². The van der Waals surface area contributed by atoms with Crippen LogP contribution in [-0.4, -0.2) is 43.9 Å². The molecule has 0 unspecified atom stereocenters. The Morgan fingerprint density at radius 2 is 1.78 bits per heavy atom. The smallest absolute Gasteiger partial charge is 0.191 e. The van der Waals surface area contributed by atoms with Crippen LogP contribution in [0.5, 0.6) is 0 Å². The second-order valence-corrected chi connectivity index (χ2v) is 9.03. The first-order valence-corrected chi connectivity index (χ1v) is 10.5. The Kier molecular flexibility index (Phi) is 4.45. The Hall–Kier alpha value is -2.00. The summed E-state index contributed by atoms with van der Waals surface area (Å²) in [5, 5.41) is -0.145. The van der Waals surface area contributed by atoms with E-state index in [-0.39, 0.29) is 15.7 Å². The van der Waals surface area contributed by atoms with Gasteiger partial charge >= 0.3 is 0 Å². The predicted molar refractivity (Wildman–Crippen MR) is 87.0 cm³/mol. The molecule has 2 aromatic rings. The topological polar surface area (TPSA) is 99.0 Å². The molecule has 0 fully saturated rings. The Bertz CT molecular complexity index is 973. The average Bonchev–Trinajstić information content (AvgIpc) is 2.92. The van der Waals surface area contributed by atoms with E-state index >= 15 is 0 Å². The molecule has 2 rings (SSSR count). The summed E-state index contributed by atoms with van der Waals surface area (Å²) in [6.07, 6.45) is 5.35. The molecule has 0 amide bonds. The first-order valence-electron chi connectivity index (χ1n) is 6.69. The maximum atomic E-state index is 12.0. The minimum Gasteiger partial charge on any atom is -0.290 e. The lowest BCUT2D eigenvalue weighted by molar-refractivity contribution is 0.594. The van der Waals surface area contributed by atoms with Crippen molar-refractivity contribution in [1.82, 2.24) is 14.5 Å². The molecule has 0 aromatic carbocycles. The molecule has 0 spiro atoms. The van der Waals surface area contributed by atoms with Crippen LogP contribution in [0.2, 0.25) is 0 Å². The zero-order valence-corrected chi connectivity index (χ0v) is 14.6. The fourth-order valence-electron chi connectivity index (χ4n) is 1.98. The maximum absolute atomic E-state index is 12.0. The zero-order valence-electron chi connectivity index (χ0n) is 13.0. The lowest BCUT2D eigenvalue weighted by Gasteiger charge is -2.09. The van der Waals surface area contributed by atoms with Crippen LogP contribution in [-0.2, 0) is 26.1 Å². The van der Waals surface area contributed by atoms with E-state index in [1.165, 1.54) is 16.8 Å². The summed E-state index contributed by atoms with van der Waals surface area (Å²) in [6.45, 7) is 5.51. The SMILES string of the molecule is C=Cc1cc(-n2cc(S(C)(=O)=O)cc2S(C)(=O)=O)nc(CC)n1. The minimum absolute atomic E-state index is 0.0882. The van der Waals surface area contributed by atoms with Gasteiger partial charge in [-0.2, -0.15) is 0 Å². The molecule has 23 heavy (non-hydrogen) atoms. The van der Waals surface area contributed by atoms with E-state index in [2.05, 4.69) is 16.5 Å². The van der Waals surface area contributed by atoms with Crippen molar-refractivity contribution in [3.05, 3.63) is 36.4 Å². The highest BCUT2D eigenvalue weighted by atomic mass is 32.2. The van der Waals surface area contributed by atoms with Crippen LogP contribution in [0.4, 0.5) is 0 Å². The highest BCUT2D eigenvalue weighted by Crippen LogP contribution is 2.23. The van der Waals surface area contributed by atoms with E-state index in [0.29, 0.717) is 17.9 Å². The number of sulfone groups is 2. The molecule has 0 saturated carbocycles. The summed E-state index contributed by atoms with van der Waals surface area (Å²) in [6, 6.07) is 2.68. The molecule has 0 aliphatic carbocycles. The number of hydrogen-bond acceptors (Lipinski definition) is 6. The second kappa shape index (κ2) is 5.89. The normalized spacial score (nSPS) is 12.3. The molecule has 0 aliphatic rings. The summed E-state index contributed by atoms with van der Waals surface area (Å²) < 4.78 is 48.7. The molecular formula is C14H17N3O4S2. The molecule has 0 atom stereocenters. The Morgan fingerprint density at radius 3 is 2.26 bits per heavy atom. The Balaban J connectivity index is 2.82. The molecule has 0 saturated heterocycles. The molecule has 7 nitrogen and oxygen atoms in total. The molecule has 2 aromatic heterocycles. The minimum atomic E-state index is -3.65. The molecule has 0 bridgehead atoms.